The van der Waals surface area contributed by atoms with Crippen molar-refractivity contribution in [2.45, 2.75) is 20.0 Å². The fourth-order valence-corrected chi connectivity index (χ4v) is 3.13. The third-order valence-corrected chi connectivity index (χ3v) is 4.58. The molecular weight excluding hydrogens is 401 g/mol. The molecule has 29 heavy (non-hydrogen) atoms. The molecule has 0 aliphatic carbocycles. The molecule has 1 aliphatic heterocycles. The quantitative estimate of drug-likeness (QED) is 0.597. The lowest BCUT2D eigenvalue weighted by molar-refractivity contribution is 0.0946. The van der Waals surface area contributed by atoms with Gasteiger partial charge in [0.2, 0.25) is 11.2 Å². The zero-order valence-electron chi connectivity index (χ0n) is 15.5. The van der Waals surface area contributed by atoms with Gasteiger partial charge in [0.05, 0.1) is 17.7 Å². The smallest absolute Gasteiger partial charge is 0.258 e. The third-order valence-electron chi connectivity index (χ3n) is 4.40. The maximum Gasteiger partial charge on any atom is 0.258 e. The second-order valence-electron chi connectivity index (χ2n) is 6.27. The lowest BCUT2D eigenvalue weighted by atomic mass is 10.1. The summed E-state index contributed by atoms with van der Waals surface area (Å²) in [4.78, 5) is 27.0. The van der Waals surface area contributed by atoms with E-state index in [2.05, 4.69) is 25.3 Å². The molecule has 1 amide bonds. The molecule has 4 rings (SSSR count). The Morgan fingerprint density at radius 2 is 2.14 bits per heavy atom. The number of hydrogen-bond donors (Lipinski definition) is 2. The van der Waals surface area contributed by atoms with Crippen molar-refractivity contribution >= 4 is 17.5 Å². The number of pyridine rings is 1. The zero-order chi connectivity index (χ0) is 20.4. The van der Waals surface area contributed by atoms with Crippen LogP contribution in [-0.2, 0) is 17.8 Å². The topological polar surface area (TPSA) is 102 Å². The number of carbonyl (C=O) groups excluding carboxylic acids is 1. The van der Waals surface area contributed by atoms with Crippen LogP contribution in [0.25, 0.3) is 11.3 Å². The molecule has 0 saturated heterocycles. The van der Waals surface area contributed by atoms with Crippen LogP contribution in [0, 0.1) is 5.82 Å². The molecule has 4 heterocycles. The van der Waals surface area contributed by atoms with Crippen LogP contribution in [0.5, 0.6) is 11.8 Å². The van der Waals surface area contributed by atoms with Gasteiger partial charge in [0.25, 0.3) is 11.8 Å². The minimum absolute atomic E-state index is 0.0418. The van der Waals surface area contributed by atoms with Gasteiger partial charge in [-0.1, -0.05) is 0 Å². The van der Waals surface area contributed by atoms with Gasteiger partial charge >= 0.3 is 0 Å². The van der Waals surface area contributed by atoms with E-state index in [1.54, 1.807) is 6.07 Å². The van der Waals surface area contributed by atoms with Crippen molar-refractivity contribution < 1.29 is 18.7 Å². The number of hydrogen-bond acceptors (Lipinski definition) is 6. The summed E-state index contributed by atoms with van der Waals surface area (Å²) in [6, 6.07) is 3.12. The molecule has 0 spiro atoms. The fraction of sp³-hybridized carbons (Fsp3) is 0.263. The van der Waals surface area contributed by atoms with Crippen molar-refractivity contribution in [2.24, 2.45) is 0 Å². The number of H-pyrrole nitrogens is 1. The second-order valence-corrected chi connectivity index (χ2v) is 6.61. The van der Waals surface area contributed by atoms with Crippen molar-refractivity contribution in [1.29, 1.82) is 0 Å². The fourth-order valence-electron chi connectivity index (χ4n) is 3.00. The number of nitrogens with one attached hydrogen (secondary N) is 2. The van der Waals surface area contributed by atoms with Crippen LogP contribution >= 0.6 is 11.6 Å². The molecule has 0 fully saturated rings. The van der Waals surface area contributed by atoms with Crippen molar-refractivity contribution in [3.63, 3.8) is 0 Å². The van der Waals surface area contributed by atoms with E-state index in [1.165, 1.54) is 18.5 Å². The second kappa shape index (κ2) is 8.14. The van der Waals surface area contributed by atoms with E-state index < -0.39 is 5.82 Å². The number of nitrogens with zero attached hydrogens (tertiary/aromatic N) is 3. The van der Waals surface area contributed by atoms with E-state index >= 15 is 4.39 Å². The summed E-state index contributed by atoms with van der Waals surface area (Å²) in [5.41, 5.74) is 2.47. The molecular formula is C19H17ClFN5O3. The standard InChI is InChI=1S/C19H17ClFN5O3/c1-2-28-9-10-8-24-19(20)26-17(10)29-18-15(21)11(3-5-23-18)14-7-12-13(25-14)4-6-22-16(12)27/h3,5,7-8,25H,2,4,6,9H2,1H3,(H,22,27). The summed E-state index contributed by atoms with van der Waals surface area (Å²) < 4.78 is 26.1. The van der Waals surface area contributed by atoms with Gasteiger partial charge in [-0.25, -0.2) is 14.4 Å². The Bertz CT molecular complexity index is 1070. The zero-order valence-corrected chi connectivity index (χ0v) is 16.2. The Labute approximate surface area is 170 Å². The van der Waals surface area contributed by atoms with E-state index in [9.17, 15) is 4.79 Å². The Morgan fingerprint density at radius 3 is 2.93 bits per heavy atom. The molecule has 0 bridgehead atoms. The molecule has 0 atom stereocenters. The number of aromatic amines is 1. The maximum atomic E-state index is 15.2. The van der Waals surface area contributed by atoms with Crippen LogP contribution in [0.15, 0.2) is 24.5 Å². The summed E-state index contributed by atoms with van der Waals surface area (Å²) in [6.45, 7) is 3.05. The summed E-state index contributed by atoms with van der Waals surface area (Å²) in [7, 11) is 0. The highest BCUT2D eigenvalue weighted by Gasteiger charge is 2.23. The van der Waals surface area contributed by atoms with Gasteiger partial charge < -0.3 is 19.8 Å². The number of fused-ring (bicyclic) bond motifs is 1. The highest BCUT2D eigenvalue weighted by molar-refractivity contribution is 6.28. The summed E-state index contributed by atoms with van der Waals surface area (Å²) in [6.07, 6.45) is 3.52. The number of ether oxygens (including phenoxy) is 2. The van der Waals surface area contributed by atoms with Gasteiger partial charge in [-0.15, -0.1) is 0 Å². The molecule has 3 aromatic heterocycles. The van der Waals surface area contributed by atoms with Crippen molar-refractivity contribution in [3.8, 4) is 23.0 Å². The minimum Gasteiger partial charge on any atom is -0.417 e. The molecule has 0 saturated carbocycles. The number of rotatable bonds is 6. The van der Waals surface area contributed by atoms with Gasteiger partial charge in [0, 0.05) is 48.9 Å². The van der Waals surface area contributed by atoms with Crippen LogP contribution in [-0.4, -0.2) is 39.0 Å². The Morgan fingerprint density at radius 1 is 1.28 bits per heavy atom. The summed E-state index contributed by atoms with van der Waals surface area (Å²) in [5, 5.41) is 2.72. The first-order valence-corrected chi connectivity index (χ1v) is 9.36. The highest BCUT2D eigenvalue weighted by atomic mass is 35.5. The molecule has 0 unspecified atom stereocenters. The van der Waals surface area contributed by atoms with Gasteiger partial charge in [0.1, 0.15) is 0 Å². The molecule has 3 aromatic rings. The minimum atomic E-state index is -0.691. The van der Waals surface area contributed by atoms with Gasteiger partial charge in [-0.3, -0.25) is 4.79 Å². The SMILES string of the molecule is CCOCc1cnc(Cl)nc1Oc1nccc(-c2cc3c([nH]2)CCNC3=O)c1F. The maximum absolute atomic E-state index is 15.2. The van der Waals surface area contributed by atoms with Crippen molar-refractivity contribution in [1.82, 2.24) is 25.3 Å². The highest BCUT2D eigenvalue weighted by Crippen LogP contribution is 2.32. The van der Waals surface area contributed by atoms with Crippen LogP contribution in [0.3, 0.4) is 0 Å². The van der Waals surface area contributed by atoms with Crippen molar-refractivity contribution in [3.05, 3.63) is 52.4 Å². The normalized spacial score (nSPS) is 13.1. The predicted octanol–water partition coefficient (Wildman–Crippen LogP) is 3.27. The van der Waals surface area contributed by atoms with Crippen LogP contribution in [0.2, 0.25) is 5.28 Å². The monoisotopic (exact) mass is 417 g/mol. The summed E-state index contributed by atoms with van der Waals surface area (Å²) >= 11 is 5.86. The molecule has 0 radical (unpaired) electrons. The third kappa shape index (κ3) is 3.92. The number of halogens is 2. The average molecular weight is 418 g/mol. The first kappa shape index (κ1) is 19.3. The first-order chi connectivity index (χ1) is 14.1. The Kier molecular flexibility index (Phi) is 5.41. The van der Waals surface area contributed by atoms with Crippen LogP contribution in [0.1, 0.15) is 28.5 Å². The van der Waals surface area contributed by atoms with Crippen LogP contribution in [0.4, 0.5) is 4.39 Å². The number of amides is 1. The largest absolute Gasteiger partial charge is 0.417 e. The van der Waals surface area contributed by atoms with Gasteiger partial charge in [-0.2, -0.15) is 4.98 Å². The van der Waals surface area contributed by atoms with Crippen LogP contribution < -0.4 is 10.1 Å². The van der Waals surface area contributed by atoms with E-state index in [1.807, 2.05) is 6.92 Å². The van der Waals surface area contributed by atoms with Gasteiger partial charge in [-0.05, 0) is 30.7 Å². The Hall–Kier alpha value is -3.04. The molecule has 8 nitrogen and oxygen atoms in total. The molecule has 150 valence electrons. The lowest BCUT2D eigenvalue weighted by Crippen LogP contribution is -2.31. The molecule has 10 heteroatoms. The van der Waals surface area contributed by atoms with E-state index in [0.29, 0.717) is 36.4 Å². The van der Waals surface area contributed by atoms with Crippen molar-refractivity contribution in [2.75, 3.05) is 13.2 Å². The predicted molar refractivity (Wildman–Crippen MR) is 102 cm³/mol. The van der Waals surface area contributed by atoms with E-state index in [-0.39, 0.29) is 35.1 Å². The summed E-state index contributed by atoms with van der Waals surface area (Å²) in [5.74, 6) is -1.08. The van der Waals surface area contributed by atoms with E-state index in [0.717, 1.165) is 5.69 Å². The number of aromatic nitrogens is 4. The molecule has 0 aromatic carbocycles. The molecule has 1 aliphatic rings. The average Bonchev–Trinajstić information content (AvgIpc) is 3.14. The Balaban J connectivity index is 1.68. The lowest BCUT2D eigenvalue weighted by Gasteiger charge is -2.11. The van der Waals surface area contributed by atoms with E-state index in [4.69, 9.17) is 21.1 Å². The van der Waals surface area contributed by atoms with Gasteiger partial charge in [0.15, 0.2) is 5.82 Å². The molecule has 2 N–H and O–H groups in total. The number of carbonyl (C=O) groups is 1. The first-order valence-electron chi connectivity index (χ1n) is 8.98.